The van der Waals surface area contributed by atoms with Gasteiger partial charge in [0.15, 0.2) is 5.11 Å². The van der Waals surface area contributed by atoms with Gasteiger partial charge in [-0.1, -0.05) is 49.9 Å². The molecule has 0 amide bonds. The Morgan fingerprint density at radius 1 is 0.973 bits per heavy atom. The van der Waals surface area contributed by atoms with Gasteiger partial charge in [-0.05, 0) is 80.8 Å². The molecule has 2 saturated heterocycles. The lowest BCUT2D eigenvalue weighted by Crippen LogP contribution is -2.43. The Balaban J connectivity index is 1.32. The van der Waals surface area contributed by atoms with Crippen LogP contribution in [0.25, 0.3) is 0 Å². The van der Waals surface area contributed by atoms with E-state index < -0.39 is 0 Å². The number of aromatic nitrogens is 2. The molecule has 8 heteroatoms. The normalized spacial score (nSPS) is 21.9. The first-order valence-corrected chi connectivity index (χ1v) is 15.0. The smallest absolute Gasteiger partial charge is 0.232 e. The molecule has 1 aliphatic carbocycles. The molecule has 37 heavy (non-hydrogen) atoms. The number of hydrogen-bond donors (Lipinski definition) is 2. The van der Waals surface area contributed by atoms with Crippen LogP contribution >= 0.6 is 23.8 Å². The zero-order valence-electron chi connectivity index (χ0n) is 22.1. The number of nitrogens with one attached hydrogen (secondary N) is 2. The average Bonchev–Trinajstić information content (AvgIpc) is 2.93. The number of nitrogens with zero attached hydrogens (tertiary/aromatic N) is 4. The summed E-state index contributed by atoms with van der Waals surface area (Å²) in [5.74, 6) is 3.29. The Morgan fingerprint density at radius 3 is 2.41 bits per heavy atom. The quantitative estimate of drug-likeness (QED) is 0.403. The van der Waals surface area contributed by atoms with Gasteiger partial charge in [0.2, 0.25) is 5.95 Å². The lowest BCUT2D eigenvalue weighted by Gasteiger charge is -2.38. The topological polar surface area (TPSA) is 56.3 Å². The first kappa shape index (κ1) is 26.5. The first-order chi connectivity index (χ1) is 18.0. The van der Waals surface area contributed by atoms with E-state index in [1.54, 1.807) is 0 Å². The van der Waals surface area contributed by atoms with Gasteiger partial charge in [-0.15, -0.1) is 0 Å². The van der Waals surface area contributed by atoms with E-state index in [0.717, 1.165) is 62.2 Å². The number of halogens is 1. The predicted molar refractivity (Wildman–Crippen MR) is 159 cm³/mol. The van der Waals surface area contributed by atoms with E-state index in [0.29, 0.717) is 17.0 Å². The number of hydrogen-bond acceptors (Lipinski definition) is 5. The molecule has 0 bridgehead atoms. The number of piperidine rings is 2. The van der Waals surface area contributed by atoms with Crippen LogP contribution in [0.2, 0.25) is 5.02 Å². The Bertz CT molecular complexity index is 1070. The zero-order chi connectivity index (χ0) is 25.7. The van der Waals surface area contributed by atoms with Crippen molar-refractivity contribution >= 4 is 46.5 Å². The summed E-state index contributed by atoms with van der Waals surface area (Å²) < 4.78 is 0. The molecule has 200 valence electrons. The van der Waals surface area contributed by atoms with Gasteiger partial charge in [0, 0.05) is 49.2 Å². The molecular weight excluding hydrogens is 500 g/mol. The second kappa shape index (κ2) is 12.2. The van der Waals surface area contributed by atoms with Crippen molar-refractivity contribution in [3.63, 3.8) is 0 Å². The maximum absolute atomic E-state index is 6.38. The van der Waals surface area contributed by atoms with Gasteiger partial charge < -0.3 is 20.4 Å². The summed E-state index contributed by atoms with van der Waals surface area (Å²) in [6, 6.07) is 10.5. The van der Waals surface area contributed by atoms with Crippen LogP contribution in [0.15, 0.2) is 30.3 Å². The lowest BCUT2D eigenvalue weighted by atomic mass is 9.69. The minimum absolute atomic E-state index is 0.0422. The molecule has 5 rings (SSSR count). The molecular formula is C29H41ClN6S. The molecule has 1 aromatic carbocycles. The summed E-state index contributed by atoms with van der Waals surface area (Å²) >= 11 is 12.2. The maximum Gasteiger partial charge on any atom is 0.232 e. The minimum atomic E-state index is 0.0422. The van der Waals surface area contributed by atoms with Gasteiger partial charge >= 0.3 is 0 Å². The SMILES string of the molecule is CC1CCCN(c2cc(N3CCCCC3)nc(NC(=S)NCC3(c4cccc(Cl)c4)CCCCC3)n2)C1. The molecule has 0 radical (unpaired) electrons. The summed E-state index contributed by atoms with van der Waals surface area (Å²) in [6.45, 7) is 7.31. The predicted octanol–water partition coefficient (Wildman–Crippen LogP) is 6.55. The van der Waals surface area contributed by atoms with Crippen LogP contribution in [-0.2, 0) is 5.41 Å². The first-order valence-electron chi connectivity index (χ1n) is 14.2. The highest BCUT2D eigenvalue weighted by molar-refractivity contribution is 7.80. The van der Waals surface area contributed by atoms with Crippen molar-refractivity contribution in [2.75, 3.05) is 47.8 Å². The average molecular weight is 541 g/mol. The van der Waals surface area contributed by atoms with Crippen molar-refractivity contribution < 1.29 is 0 Å². The van der Waals surface area contributed by atoms with Crippen molar-refractivity contribution in [1.29, 1.82) is 0 Å². The van der Waals surface area contributed by atoms with Gasteiger partial charge in [-0.2, -0.15) is 9.97 Å². The lowest BCUT2D eigenvalue weighted by molar-refractivity contribution is 0.292. The molecule has 3 aliphatic rings. The van der Waals surface area contributed by atoms with E-state index in [9.17, 15) is 0 Å². The standard InChI is InChI=1S/C29H41ClN6S/c1-22-10-9-17-36(20-22)26-19-25(35-15-6-3-7-16-35)32-27(33-26)34-28(37)31-21-29(13-4-2-5-14-29)23-11-8-12-24(30)18-23/h8,11-12,18-19,22H,2-7,9-10,13-17,20-21H2,1H3,(H2,31,32,33,34,37). The Kier molecular flexibility index (Phi) is 8.71. The van der Waals surface area contributed by atoms with Crippen LogP contribution < -0.4 is 20.4 Å². The molecule has 1 aromatic heterocycles. The van der Waals surface area contributed by atoms with E-state index in [4.69, 9.17) is 33.8 Å². The van der Waals surface area contributed by atoms with Crippen LogP contribution in [-0.4, -0.2) is 47.8 Å². The molecule has 2 aromatic rings. The van der Waals surface area contributed by atoms with Crippen LogP contribution in [0.1, 0.15) is 76.7 Å². The molecule has 3 fully saturated rings. The molecule has 3 heterocycles. The van der Waals surface area contributed by atoms with Crippen molar-refractivity contribution in [2.45, 2.75) is 76.5 Å². The van der Waals surface area contributed by atoms with Crippen molar-refractivity contribution in [3.8, 4) is 0 Å². The number of thiocarbonyl (C=S) groups is 1. The highest BCUT2D eigenvalue weighted by Crippen LogP contribution is 2.39. The highest BCUT2D eigenvalue weighted by atomic mass is 35.5. The van der Waals surface area contributed by atoms with Gasteiger partial charge in [-0.25, -0.2) is 0 Å². The Hall–Kier alpha value is -2.12. The third kappa shape index (κ3) is 6.66. The summed E-state index contributed by atoms with van der Waals surface area (Å²) in [6.07, 6.45) is 12.3. The summed E-state index contributed by atoms with van der Waals surface area (Å²) in [5.41, 5.74) is 1.35. The molecule has 1 atom stereocenters. The molecule has 0 spiro atoms. The van der Waals surface area contributed by atoms with Crippen LogP contribution in [0, 0.1) is 5.92 Å². The minimum Gasteiger partial charge on any atom is -0.361 e. The molecule has 2 N–H and O–H groups in total. The second-order valence-electron chi connectivity index (χ2n) is 11.3. The van der Waals surface area contributed by atoms with Gasteiger partial charge in [0.25, 0.3) is 0 Å². The number of anilines is 3. The molecule has 6 nitrogen and oxygen atoms in total. The van der Waals surface area contributed by atoms with E-state index in [2.05, 4.69) is 51.6 Å². The monoisotopic (exact) mass is 540 g/mol. The summed E-state index contributed by atoms with van der Waals surface area (Å²) in [4.78, 5) is 14.7. The molecule has 2 aliphatic heterocycles. The highest BCUT2D eigenvalue weighted by Gasteiger charge is 2.34. The fourth-order valence-electron chi connectivity index (χ4n) is 6.33. The van der Waals surface area contributed by atoms with E-state index >= 15 is 0 Å². The Labute approximate surface area is 232 Å². The van der Waals surface area contributed by atoms with Crippen molar-refractivity contribution in [2.24, 2.45) is 5.92 Å². The third-order valence-corrected chi connectivity index (χ3v) is 8.90. The van der Waals surface area contributed by atoms with Gasteiger partial charge in [0.05, 0.1) is 0 Å². The largest absolute Gasteiger partial charge is 0.361 e. The van der Waals surface area contributed by atoms with Gasteiger partial charge in [0.1, 0.15) is 11.6 Å². The number of benzene rings is 1. The van der Waals surface area contributed by atoms with E-state index in [-0.39, 0.29) is 5.41 Å². The second-order valence-corrected chi connectivity index (χ2v) is 12.2. The molecule has 1 saturated carbocycles. The van der Waals surface area contributed by atoms with Crippen molar-refractivity contribution in [3.05, 3.63) is 40.9 Å². The fourth-order valence-corrected chi connectivity index (χ4v) is 6.69. The van der Waals surface area contributed by atoms with Gasteiger partial charge in [-0.3, -0.25) is 0 Å². The maximum atomic E-state index is 6.38. The van der Waals surface area contributed by atoms with E-state index in [1.165, 1.54) is 56.9 Å². The number of rotatable bonds is 6. The van der Waals surface area contributed by atoms with Crippen LogP contribution in [0.3, 0.4) is 0 Å². The van der Waals surface area contributed by atoms with E-state index in [1.807, 2.05) is 6.07 Å². The zero-order valence-corrected chi connectivity index (χ0v) is 23.7. The van der Waals surface area contributed by atoms with Crippen molar-refractivity contribution in [1.82, 2.24) is 15.3 Å². The summed E-state index contributed by atoms with van der Waals surface area (Å²) in [5, 5.41) is 8.27. The van der Waals surface area contributed by atoms with Crippen LogP contribution in [0.5, 0.6) is 0 Å². The van der Waals surface area contributed by atoms with Crippen LogP contribution in [0.4, 0.5) is 17.6 Å². The fraction of sp³-hybridized carbons (Fsp3) is 0.621. The molecule has 1 unspecified atom stereocenters. The third-order valence-electron chi connectivity index (χ3n) is 8.42. The summed E-state index contributed by atoms with van der Waals surface area (Å²) in [7, 11) is 0. The Morgan fingerprint density at radius 2 is 1.68 bits per heavy atom.